The normalized spacial score (nSPS) is 15.7. The second-order valence-corrected chi connectivity index (χ2v) is 5.25. The van der Waals surface area contributed by atoms with Crippen molar-refractivity contribution in [1.82, 2.24) is 9.88 Å². The second kappa shape index (κ2) is 5.25. The van der Waals surface area contributed by atoms with E-state index in [0.29, 0.717) is 0 Å². The maximum absolute atomic E-state index is 5.62. The Hall–Kier alpha value is -1.48. The van der Waals surface area contributed by atoms with Crippen molar-refractivity contribution in [2.75, 3.05) is 19.7 Å². The van der Waals surface area contributed by atoms with Gasteiger partial charge in [0.25, 0.3) is 0 Å². The van der Waals surface area contributed by atoms with Gasteiger partial charge in [-0.3, -0.25) is 4.90 Å². The van der Waals surface area contributed by atoms with Crippen molar-refractivity contribution < 1.29 is 4.74 Å². The summed E-state index contributed by atoms with van der Waals surface area (Å²) in [5.74, 6) is 0.976. The number of rotatable bonds is 4. The number of aromatic amines is 1. The maximum Gasteiger partial charge on any atom is 0.120 e. The Bertz CT molecular complexity index is 573. The summed E-state index contributed by atoms with van der Waals surface area (Å²) in [5.41, 5.74) is 4.12. The third-order valence-electron chi connectivity index (χ3n) is 3.88. The van der Waals surface area contributed by atoms with Crippen molar-refractivity contribution in [3.05, 3.63) is 29.5 Å². The van der Waals surface area contributed by atoms with Crippen LogP contribution >= 0.6 is 0 Å². The fourth-order valence-corrected chi connectivity index (χ4v) is 3.01. The van der Waals surface area contributed by atoms with Crippen LogP contribution in [0.3, 0.4) is 0 Å². The SMILES string of the molecule is CCCN1CCc2[nH]c3ccc(OCC)cc3c2C1. The fourth-order valence-electron chi connectivity index (χ4n) is 3.01. The highest BCUT2D eigenvalue weighted by Crippen LogP contribution is 2.30. The lowest BCUT2D eigenvalue weighted by atomic mass is 10.0. The Kier molecular flexibility index (Phi) is 3.47. The number of nitrogens with one attached hydrogen (secondary N) is 1. The zero-order valence-electron chi connectivity index (χ0n) is 11.8. The smallest absolute Gasteiger partial charge is 0.120 e. The summed E-state index contributed by atoms with van der Waals surface area (Å²) < 4.78 is 5.62. The number of hydrogen-bond acceptors (Lipinski definition) is 2. The molecule has 3 heteroatoms. The molecule has 0 unspecified atom stereocenters. The minimum Gasteiger partial charge on any atom is -0.494 e. The third-order valence-corrected chi connectivity index (χ3v) is 3.88. The molecule has 0 saturated carbocycles. The molecule has 1 aliphatic rings. The monoisotopic (exact) mass is 258 g/mol. The summed E-state index contributed by atoms with van der Waals surface area (Å²) in [6.07, 6.45) is 2.36. The van der Waals surface area contributed by atoms with Gasteiger partial charge in [-0.25, -0.2) is 0 Å². The number of nitrogens with zero attached hydrogens (tertiary/aromatic N) is 1. The summed E-state index contributed by atoms with van der Waals surface area (Å²) in [4.78, 5) is 6.11. The number of ether oxygens (including phenoxy) is 1. The molecule has 1 aliphatic heterocycles. The first-order valence-electron chi connectivity index (χ1n) is 7.30. The lowest BCUT2D eigenvalue weighted by Gasteiger charge is -2.26. The first-order chi connectivity index (χ1) is 9.31. The largest absolute Gasteiger partial charge is 0.494 e. The van der Waals surface area contributed by atoms with Crippen molar-refractivity contribution >= 4 is 10.9 Å². The number of fused-ring (bicyclic) bond motifs is 3. The van der Waals surface area contributed by atoms with Gasteiger partial charge in [0.2, 0.25) is 0 Å². The van der Waals surface area contributed by atoms with Crippen LogP contribution in [0, 0.1) is 0 Å². The van der Waals surface area contributed by atoms with Crippen LogP contribution in [0.15, 0.2) is 18.2 Å². The van der Waals surface area contributed by atoms with Gasteiger partial charge in [-0.15, -0.1) is 0 Å². The van der Waals surface area contributed by atoms with Gasteiger partial charge in [0.1, 0.15) is 5.75 Å². The quantitative estimate of drug-likeness (QED) is 0.911. The first-order valence-corrected chi connectivity index (χ1v) is 7.30. The summed E-state index contributed by atoms with van der Waals surface area (Å²) >= 11 is 0. The third kappa shape index (κ3) is 2.35. The number of aromatic nitrogens is 1. The van der Waals surface area contributed by atoms with Crippen LogP contribution in [0.5, 0.6) is 5.75 Å². The fraction of sp³-hybridized carbons (Fsp3) is 0.500. The molecular weight excluding hydrogens is 236 g/mol. The minimum absolute atomic E-state index is 0.722. The van der Waals surface area contributed by atoms with Crippen LogP contribution in [-0.2, 0) is 13.0 Å². The zero-order valence-corrected chi connectivity index (χ0v) is 11.8. The van der Waals surface area contributed by atoms with Gasteiger partial charge in [-0.05, 0) is 43.7 Å². The van der Waals surface area contributed by atoms with E-state index >= 15 is 0 Å². The summed E-state index contributed by atoms with van der Waals surface area (Å²) in [5, 5.41) is 1.33. The molecule has 2 heterocycles. The van der Waals surface area contributed by atoms with E-state index in [1.165, 1.54) is 41.7 Å². The molecule has 0 fully saturated rings. The highest BCUT2D eigenvalue weighted by molar-refractivity contribution is 5.86. The molecule has 2 aromatic rings. The predicted molar refractivity (Wildman–Crippen MR) is 78.7 cm³/mol. The van der Waals surface area contributed by atoms with E-state index in [1.807, 2.05) is 6.92 Å². The molecule has 1 aromatic heterocycles. The Morgan fingerprint density at radius 1 is 1.32 bits per heavy atom. The summed E-state index contributed by atoms with van der Waals surface area (Å²) in [6.45, 7) is 8.43. The van der Waals surface area contributed by atoms with Crippen LogP contribution in [0.1, 0.15) is 31.5 Å². The van der Waals surface area contributed by atoms with Crippen LogP contribution in [0.2, 0.25) is 0 Å². The standard InChI is InChI=1S/C16H22N2O/c1-3-8-18-9-7-16-14(11-18)13-10-12(19-4-2)5-6-15(13)17-16/h5-6,10,17H,3-4,7-9,11H2,1-2H3. The van der Waals surface area contributed by atoms with Crippen LogP contribution in [-0.4, -0.2) is 29.6 Å². The van der Waals surface area contributed by atoms with E-state index in [1.54, 1.807) is 0 Å². The minimum atomic E-state index is 0.722. The van der Waals surface area contributed by atoms with Gasteiger partial charge in [-0.1, -0.05) is 6.92 Å². The number of H-pyrrole nitrogens is 1. The van der Waals surface area contributed by atoms with E-state index in [9.17, 15) is 0 Å². The van der Waals surface area contributed by atoms with Gasteiger partial charge in [0.15, 0.2) is 0 Å². The Labute approximate surface area is 114 Å². The van der Waals surface area contributed by atoms with Crippen LogP contribution in [0.25, 0.3) is 10.9 Å². The molecule has 1 N–H and O–H groups in total. The topological polar surface area (TPSA) is 28.3 Å². The van der Waals surface area contributed by atoms with Gasteiger partial charge in [0, 0.05) is 36.1 Å². The molecule has 3 nitrogen and oxygen atoms in total. The Morgan fingerprint density at radius 3 is 3.00 bits per heavy atom. The molecule has 0 bridgehead atoms. The maximum atomic E-state index is 5.62. The molecule has 1 aromatic carbocycles. The van der Waals surface area contributed by atoms with E-state index in [4.69, 9.17) is 4.74 Å². The Morgan fingerprint density at radius 2 is 2.21 bits per heavy atom. The van der Waals surface area contributed by atoms with Gasteiger partial charge in [0.05, 0.1) is 6.61 Å². The van der Waals surface area contributed by atoms with E-state index in [2.05, 4.69) is 35.0 Å². The highest BCUT2D eigenvalue weighted by atomic mass is 16.5. The van der Waals surface area contributed by atoms with E-state index in [0.717, 1.165) is 25.3 Å². The first kappa shape index (κ1) is 12.5. The number of benzene rings is 1. The van der Waals surface area contributed by atoms with Crippen molar-refractivity contribution in [3.63, 3.8) is 0 Å². The average molecular weight is 258 g/mol. The highest BCUT2D eigenvalue weighted by Gasteiger charge is 2.20. The van der Waals surface area contributed by atoms with Gasteiger partial charge < -0.3 is 9.72 Å². The van der Waals surface area contributed by atoms with Crippen molar-refractivity contribution in [2.24, 2.45) is 0 Å². The molecule has 0 radical (unpaired) electrons. The van der Waals surface area contributed by atoms with Crippen molar-refractivity contribution in [3.8, 4) is 5.75 Å². The molecule has 3 rings (SSSR count). The summed E-state index contributed by atoms with van der Waals surface area (Å²) in [7, 11) is 0. The molecule has 102 valence electrons. The molecule has 0 aliphatic carbocycles. The average Bonchev–Trinajstić information content (AvgIpc) is 2.77. The zero-order chi connectivity index (χ0) is 13.2. The lowest BCUT2D eigenvalue weighted by Crippen LogP contribution is -2.30. The molecule has 0 amide bonds. The van der Waals surface area contributed by atoms with Crippen molar-refractivity contribution in [1.29, 1.82) is 0 Å². The van der Waals surface area contributed by atoms with E-state index < -0.39 is 0 Å². The summed E-state index contributed by atoms with van der Waals surface area (Å²) in [6, 6.07) is 6.38. The molecule has 0 saturated heterocycles. The Balaban J connectivity index is 1.98. The lowest BCUT2D eigenvalue weighted by molar-refractivity contribution is 0.255. The number of hydrogen-bond donors (Lipinski definition) is 1. The second-order valence-electron chi connectivity index (χ2n) is 5.25. The molecular formula is C16H22N2O. The van der Waals surface area contributed by atoms with E-state index in [-0.39, 0.29) is 0 Å². The van der Waals surface area contributed by atoms with Crippen LogP contribution < -0.4 is 4.74 Å². The van der Waals surface area contributed by atoms with Crippen LogP contribution in [0.4, 0.5) is 0 Å². The molecule has 0 spiro atoms. The molecule has 19 heavy (non-hydrogen) atoms. The van der Waals surface area contributed by atoms with Gasteiger partial charge in [-0.2, -0.15) is 0 Å². The molecule has 0 atom stereocenters. The van der Waals surface area contributed by atoms with Crippen molar-refractivity contribution in [2.45, 2.75) is 33.2 Å². The predicted octanol–water partition coefficient (Wildman–Crippen LogP) is 3.33. The van der Waals surface area contributed by atoms with Gasteiger partial charge >= 0.3 is 0 Å².